The summed E-state index contributed by atoms with van der Waals surface area (Å²) in [5.41, 5.74) is 7.63. The molecule has 0 saturated carbocycles. The van der Waals surface area contributed by atoms with Gasteiger partial charge in [0.15, 0.2) is 0 Å². The highest BCUT2D eigenvalue weighted by Crippen LogP contribution is 2.26. The molecule has 0 spiro atoms. The van der Waals surface area contributed by atoms with Crippen molar-refractivity contribution in [2.45, 2.75) is 19.4 Å². The van der Waals surface area contributed by atoms with Gasteiger partial charge in [-0.15, -0.1) is 0 Å². The molecule has 1 unspecified atom stereocenters. The second kappa shape index (κ2) is 6.68. The summed E-state index contributed by atoms with van der Waals surface area (Å²) in [6, 6.07) is 8.24. The van der Waals surface area contributed by atoms with Gasteiger partial charge in [-0.05, 0) is 48.4 Å². The number of hydrogen-bond donors (Lipinski definition) is 2. The SMILES string of the molecule is CCNC(Cc1ccnc(N)c1)c1ccc(F)cc1Cl. The largest absolute Gasteiger partial charge is 0.384 e. The minimum Gasteiger partial charge on any atom is -0.384 e. The normalized spacial score (nSPS) is 12.3. The molecule has 106 valence electrons. The number of halogens is 2. The molecule has 0 saturated heterocycles. The Labute approximate surface area is 123 Å². The molecule has 2 rings (SSSR count). The smallest absolute Gasteiger partial charge is 0.124 e. The Bertz CT molecular complexity index is 589. The third-order valence-electron chi connectivity index (χ3n) is 3.07. The highest BCUT2D eigenvalue weighted by atomic mass is 35.5. The third kappa shape index (κ3) is 3.68. The lowest BCUT2D eigenvalue weighted by Gasteiger charge is -2.20. The van der Waals surface area contributed by atoms with Crippen LogP contribution in [0.5, 0.6) is 0 Å². The highest BCUT2D eigenvalue weighted by Gasteiger charge is 2.15. The topological polar surface area (TPSA) is 50.9 Å². The highest BCUT2D eigenvalue weighted by molar-refractivity contribution is 6.31. The van der Waals surface area contributed by atoms with Crippen molar-refractivity contribution in [3.05, 3.63) is 58.5 Å². The van der Waals surface area contributed by atoms with Gasteiger partial charge in [-0.25, -0.2) is 9.37 Å². The second-order valence-electron chi connectivity index (χ2n) is 4.57. The number of nitrogens with two attached hydrogens (primary N) is 1. The minimum absolute atomic E-state index is 0.00917. The van der Waals surface area contributed by atoms with Crippen LogP contribution in [0.25, 0.3) is 0 Å². The Hall–Kier alpha value is -1.65. The lowest BCUT2D eigenvalue weighted by atomic mass is 9.99. The third-order valence-corrected chi connectivity index (χ3v) is 3.40. The van der Waals surface area contributed by atoms with Crippen LogP contribution < -0.4 is 11.1 Å². The molecule has 0 aliphatic carbocycles. The van der Waals surface area contributed by atoms with Crippen molar-refractivity contribution in [2.75, 3.05) is 12.3 Å². The van der Waals surface area contributed by atoms with Crippen molar-refractivity contribution in [1.29, 1.82) is 0 Å². The Kier molecular flexibility index (Phi) is 4.93. The fourth-order valence-electron chi connectivity index (χ4n) is 2.18. The van der Waals surface area contributed by atoms with E-state index in [1.807, 2.05) is 19.1 Å². The molecule has 0 aliphatic rings. The fourth-order valence-corrected chi connectivity index (χ4v) is 2.48. The first-order valence-electron chi connectivity index (χ1n) is 6.49. The zero-order valence-corrected chi connectivity index (χ0v) is 12.0. The quantitative estimate of drug-likeness (QED) is 0.889. The summed E-state index contributed by atoms with van der Waals surface area (Å²) in [5, 5.41) is 3.79. The van der Waals surface area contributed by atoms with E-state index in [-0.39, 0.29) is 11.9 Å². The summed E-state index contributed by atoms with van der Waals surface area (Å²) in [6.07, 6.45) is 2.39. The number of rotatable bonds is 5. The number of aromatic nitrogens is 1. The van der Waals surface area contributed by atoms with Crippen LogP contribution in [0.4, 0.5) is 10.2 Å². The number of likely N-dealkylation sites (N-methyl/N-ethyl adjacent to an activating group) is 1. The monoisotopic (exact) mass is 293 g/mol. The number of anilines is 1. The van der Waals surface area contributed by atoms with Crippen LogP contribution in [0.15, 0.2) is 36.5 Å². The molecular formula is C15H17ClFN3. The average Bonchev–Trinajstić information content (AvgIpc) is 2.38. The van der Waals surface area contributed by atoms with E-state index in [2.05, 4.69) is 10.3 Å². The van der Waals surface area contributed by atoms with Gasteiger partial charge >= 0.3 is 0 Å². The molecule has 2 aromatic rings. The summed E-state index contributed by atoms with van der Waals surface area (Å²) in [5.74, 6) is 0.158. The maximum atomic E-state index is 13.1. The molecule has 1 aromatic carbocycles. The van der Waals surface area contributed by atoms with Crippen LogP contribution in [0, 0.1) is 5.82 Å². The Morgan fingerprint density at radius 3 is 2.80 bits per heavy atom. The number of nitrogen functional groups attached to an aromatic ring is 1. The summed E-state index contributed by atoms with van der Waals surface area (Å²) in [6.45, 7) is 2.81. The first-order valence-corrected chi connectivity index (χ1v) is 6.86. The average molecular weight is 294 g/mol. The molecule has 1 atom stereocenters. The maximum absolute atomic E-state index is 13.1. The molecule has 1 heterocycles. The Balaban J connectivity index is 2.26. The van der Waals surface area contributed by atoms with E-state index in [1.165, 1.54) is 12.1 Å². The summed E-state index contributed by atoms with van der Waals surface area (Å²) >= 11 is 6.14. The summed E-state index contributed by atoms with van der Waals surface area (Å²) in [7, 11) is 0. The van der Waals surface area contributed by atoms with E-state index >= 15 is 0 Å². The van der Waals surface area contributed by atoms with Crippen LogP contribution in [-0.2, 0) is 6.42 Å². The standard InChI is InChI=1S/C15H17ClFN3/c1-2-19-14(7-10-5-6-20-15(18)8-10)12-4-3-11(17)9-13(12)16/h3-6,8-9,14,19H,2,7H2,1H3,(H2,18,20). The minimum atomic E-state index is -0.331. The molecule has 0 aliphatic heterocycles. The molecule has 0 amide bonds. The zero-order chi connectivity index (χ0) is 14.5. The summed E-state index contributed by atoms with van der Waals surface area (Å²) in [4.78, 5) is 3.98. The van der Waals surface area contributed by atoms with E-state index in [9.17, 15) is 4.39 Å². The van der Waals surface area contributed by atoms with Crippen LogP contribution in [0.3, 0.4) is 0 Å². The number of benzene rings is 1. The Morgan fingerprint density at radius 1 is 1.35 bits per heavy atom. The van der Waals surface area contributed by atoms with Gasteiger partial charge in [0.05, 0.1) is 0 Å². The van der Waals surface area contributed by atoms with E-state index < -0.39 is 0 Å². The van der Waals surface area contributed by atoms with Crippen molar-refractivity contribution in [2.24, 2.45) is 0 Å². The molecule has 3 N–H and O–H groups in total. The second-order valence-corrected chi connectivity index (χ2v) is 4.98. The van der Waals surface area contributed by atoms with Crippen LogP contribution in [0.2, 0.25) is 5.02 Å². The van der Waals surface area contributed by atoms with E-state index in [0.717, 1.165) is 17.7 Å². The number of nitrogens with one attached hydrogen (secondary N) is 1. The first-order chi connectivity index (χ1) is 9.60. The maximum Gasteiger partial charge on any atom is 0.124 e. The van der Waals surface area contributed by atoms with Crippen molar-refractivity contribution >= 4 is 17.4 Å². The molecule has 0 fully saturated rings. The molecule has 0 bridgehead atoms. The van der Waals surface area contributed by atoms with Gasteiger partial charge in [-0.1, -0.05) is 24.6 Å². The van der Waals surface area contributed by atoms with Gasteiger partial charge in [-0.2, -0.15) is 0 Å². The lowest BCUT2D eigenvalue weighted by Crippen LogP contribution is -2.23. The molecular weight excluding hydrogens is 277 g/mol. The van der Waals surface area contributed by atoms with Gasteiger partial charge in [0.2, 0.25) is 0 Å². The molecule has 1 aromatic heterocycles. The molecule has 3 nitrogen and oxygen atoms in total. The zero-order valence-electron chi connectivity index (χ0n) is 11.2. The molecule has 0 radical (unpaired) electrons. The van der Waals surface area contributed by atoms with E-state index in [1.54, 1.807) is 12.3 Å². The van der Waals surface area contributed by atoms with Gasteiger partial charge in [-0.3, -0.25) is 0 Å². The number of hydrogen-bond acceptors (Lipinski definition) is 3. The number of nitrogens with zero attached hydrogens (tertiary/aromatic N) is 1. The van der Waals surface area contributed by atoms with Crippen LogP contribution in [0.1, 0.15) is 24.1 Å². The fraction of sp³-hybridized carbons (Fsp3) is 0.267. The van der Waals surface area contributed by atoms with Gasteiger partial charge in [0.25, 0.3) is 0 Å². The number of pyridine rings is 1. The van der Waals surface area contributed by atoms with Gasteiger partial charge in [0, 0.05) is 17.3 Å². The van der Waals surface area contributed by atoms with Gasteiger partial charge < -0.3 is 11.1 Å². The lowest BCUT2D eigenvalue weighted by molar-refractivity contribution is 0.547. The van der Waals surface area contributed by atoms with Crippen molar-refractivity contribution in [1.82, 2.24) is 10.3 Å². The molecule has 5 heteroatoms. The van der Waals surface area contributed by atoms with Gasteiger partial charge in [0.1, 0.15) is 11.6 Å². The predicted octanol–water partition coefficient (Wildman–Crippen LogP) is 3.35. The first kappa shape index (κ1) is 14.8. The van der Waals surface area contributed by atoms with Crippen molar-refractivity contribution in [3.8, 4) is 0 Å². The van der Waals surface area contributed by atoms with Crippen LogP contribution in [-0.4, -0.2) is 11.5 Å². The summed E-state index contributed by atoms with van der Waals surface area (Å²) < 4.78 is 13.1. The van der Waals surface area contributed by atoms with Crippen LogP contribution >= 0.6 is 11.6 Å². The van der Waals surface area contributed by atoms with E-state index in [4.69, 9.17) is 17.3 Å². The van der Waals surface area contributed by atoms with Crippen molar-refractivity contribution in [3.63, 3.8) is 0 Å². The Morgan fingerprint density at radius 2 is 2.15 bits per heavy atom. The molecule has 20 heavy (non-hydrogen) atoms. The predicted molar refractivity (Wildman–Crippen MR) is 80.2 cm³/mol. The van der Waals surface area contributed by atoms with Crippen molar-refractivity contribution < 1.29 is 4.39 Å². The van der Waals surface area contributed by atoms with E-state index in [0.29, 0.717) is 17.3 Å².